The van der Waals surface area contributed by atoms with Crippen molar-refractivity contribution < 1.29 is 13.5 Å². The van der Waals surface area contributed by atoms with Crippen molar-refractivity contribution in [1.82, 2.24) is 4.72 Å². The number of nitrogens with one attached hydrogen (secondary N) is 1. The van der Waals surface area contributed by atoms with E-state index in [4.69, 9.17) is 11.6 Å². The summed E-state index contributed by atoms with van der Waals surface area (Å²) >= 11 is 7.20. The molecule has 0 radical (unpaired) electrons. The van der Waals surface area contributed by atoms with Gasteiger partial charge in [0.1, 0.15) is 6.10 Å². The summed E-state index contributed by atoms with van der Waals surface area (Å²) < 4.78 is 27.1. The van der Waals surface area contributed by atoms with Gasteiger partial charge >= 0.3 is 0 Å². The zero-order chi connectivity index (χ0) is 18.6. The van der Waals surface area contributed by atoms with Gasteiger partial charge < -0.3 is 5.11 Å². The zero-order valence-electron chi connectivity index (χ0n) is 13.8. The molecule has 0 bridgehead atoms. The van der Waals surface area contributed by atoms with E-state index in [1.165, 1.54) is 11.3 Å². The quantitative estimate of drug-likeness (QED) is 0.619. The van der Waals surface area contributed by atoms with Crippen molar-refractivity contribution in [3.63, 3.8) is 0 Å². The summed E-state index contributed by atoms with van der Waals surface area (Å²) in [5.41, 5.74) is 1.48. The Bertz CT molecular complexity index is 954. The molecule has 0 fully saturated rings. The van der Waals surface area contributed by atoms with Gasteiger partial charge in [0, 0.05) is 21.3 Å². The predicted molar refractivity (Wildman–Crippen MR) is 106 cm³/mol. The number of hydrogen-bond donors (Lipinski definition) is 2. The molecule has 0 amide bonds. The van der Waals surface area contributed by atoms with Crippen LogP contribution in [0.2, 0.25) is 5.02 Å². The van der Waals surface area contributed by atoms with Gasteiger partial charge in [0.15, 0.2) is 0 Å². The van der Waals surface area contributed by atoms with Gasteiger partial charge in [-0.15, -0.1) is 11.3 Å². The molecule has 0 spiro atoms. The van der Waals surface area contributed by atoms with Gasteiger partial charge in [0.05, 0.1) is 5.75 Å². The predicted octanol–water partition coefficient (Wildman–Crippen LogP) is 4.10. The second-order valence-corrected chi connectivity index (χ2v) is 9.27. The maximum Gasteiger partial charge on any atom is 0.216 e. The molecule has 1 atom stereocenters. The monoisotopic (exact) mass is 407 g/mol. The first-order chi connectivity index (χ1) is 12.4. The highest BCUT2D eigenvalue weighted by Gasteiger charge is 2.15. The van der Waals surface area contributed by atoms with E-state index in [-0.39, 0.29) is 12.3 Å². The van der Waals surface area contributed by atoms with Crippen molar-refractivity contribution in [3.8, 4) is 0 Å². The van der Waals surface area contributed by atoms with Crippen LogP contribution in [0.4, 0.5) is 0 Å². The Balaban J connectivity index is 1.61. The third-order valence-corrected chi connectivity index (χ3v) is 6.49. The molecule has 0 aliphatic heterocycles. The summed E-state index contributed by atoms with van der Waals surface area (Å²) in [5.74, 6) is -0.102. The molecule has 4 nitrogen and oxygen atoms in total. The SMILES string of the molecule is O=S(=O)(Cc1ccc(Cl)cc1)NCc1ccc(C(O)c2ccccc2)s1. The van der Waals surface area contributed by atoms with Crippen molar-refractivity contribution in [2.24, 2.45) is 0 Å². The summed E-state index contributed by atoms with van der Waals surface area (Å²) in [4.78, 5) is 1.62. The van der Waals surface area contributed by atoms with Crippen molar-refractivity contribution in [3.05, 3.63) is 92.6 Å². The second kappa shape index (κ2) is 8.33. The van der Waals surface area contributed by atoms with E-state index in [0.29, 0.717) is 10.6 Å². The fourth-order valence-corrected chi connectivity index (χ4v) is 4.76. The van der Waals surface area contributed by atoms with Crippen LogP contribution in [0, 0.1) is 0 Å². The zero-order valence-corrected chi connectivity index (χ0v) is 16.2. The Labute approximate surface area is 162 Å². The summed E-state index contributed by atoms with van der Waals surface area (Å²) in [7, 11) is -3.46. The van der Waals surface area contributed by atoms with E-state index in [0.717, 1.165) is 15.3 Å². The number of rotatable bonds is 7. The van der Waals surface area contributed by atoms with Crippen LogP contribution in [0.5, 0.6) is 0 Å². The van der Waals surface area contributed by atoms with Crippen LogP contribution >= 0.6 is 22.9 Å². The van der Waals surface area contributed by atoms with Crippen LogP contribution < -0.4 is 4.72 Å². The molecule has 7 heteroatoms. The van der Waals surface area contributed by atoms with Crippen LogP contribution in [-0.4, -0.2) is 13.5 Å². The van der Waals surface area contributed by atoms with Crippen LogP contribution in [0.3, 0.4) is 0 Å². The largest absolute Gasteiger partial charge is 0.383 e. The lowest BCUT2D eigenvalue weighted by atomic mass is 10.1. The summed E-state index contributed by atoms with van der Waals surface area (Å²) in [6.07, 6.45) is -0.708. The van der Waals surface area contributed by atoms with E-state index in [1.807, 2.05) is 42.5 Å². The molecular weight excluding hydrogens is 390 g/mol. The molecular formula is C19H18ClNO3S2. The van der Waals surface area contributed by atoms with Crippen LogP contribution in [0.15, 0.2) is 66.7 Å². The molecule has 3 aromatic rings. The fourth-order valence-electron chi connectivity index (χ4n) is 2.47. The summed E-state index contributed by atoms with van der Waals surface area (Å²) in [6, 6.07) is 19.7. The van der Waals surface area contributed by atoms with Crippen LogP contribution in [0.1, 0.15) is 27.0 Å². The third kappa shape index (κ3) is 5.16. The van der Waals surface area contributed by atoms with E-state index >= 15 is 0 Å². The molecule has 2 aromatic carbocycles. The minimum atomic E-state index is -3.46. The summed E-state index contributed by atoms with van der Waals surface area (Å²) in [5, 5.41) is 11.0. The average Bonchev–Trinajstić information content (AvgIpc) is 3.11. The molecule has 136 valence electrons. The lowest BCUT2D eigenvalue weighted by molar-refractivity contribution is 0.224. The van der Waals surface area contributed by atoms with Gasteiger partial charge in [-0.1, -0.05) is 54.1 Å². The number of halogens is 1. The molecule has 3 rings (SSSR count). The molecule has 0 aliphatic rings. The first-order valence-corrected chi connectivity index (χ1v) is 10.8. The molecule has 1 heterocycles. The van der Waals surface area contributed by atoms with Crippen molar-refractivity contribution >= 4 is 33.0 Å². The molecule has 0 aliphatic carbocycles. The molecule has 26 heavy (non-hydrogen) atoms. The number of benzene rings is 2. The fraction of sp³-hybridized carbons (Fsp3) is 0.158. The van der Waals surface area contributed by atoms with E-state index in [1.54, 1.807) is 24.3 Å². The molecule has 0 saturated carbocycles. The van der Waals surface area contributed by atoms with E-state index < -0.39 is 16.1 Å². The third-order valence-electron chi connectivity index (χ3n) is 3.80. The Hall–Kier alpha value is -1.70. The normalized spacial score (nSPS) is 12.8. The topological polar surface area (TPSA) is 66.4 Å². The molecule has 1 aromatic heterocycles. The second-order valence-electron chi connectivity index (χ2n) is 5.82. The van der Waals surface area contributed by atoms with Gasteiger partial charge in [-0.25, -0.2) is 13.1 Å². The Kier molecular flexibility index (Phi) is 6.11. The minimum Gasteiger partial charge on any atom is -0.383 e. The molecule has 1 unspecified atom stereocenters. The lowest BCUT2D eigenvalue weighted by Gasteiger charge is -2.08. The number of aliphatic hydroxyl groups excluding tert-OH is 1. The minimum absolute atomic E-state index is 0.102. The van der Waals surface area contributed by atoms with Crippen molar-refractivity contribution in [2.75, 3.05) is 0 Å². The Morgan fingerprint density at radius 2 is 1.69 bits per heavy atom. The van der Waals surface area contributed by atoms with E-state index in [9.17, 15) is 13.5 Å². The van der Waals surface area contributed by atoms with E-state index in [2.05, 4.69) is 4.72 Å². The Morgan fingerprint density at radius 3 is 2.38 bits per heavy atom. The maximum absolute atomic E-state index is 12.2. The summed E-state index contributed by atoms with van der Waals surface area (Å²) in [6.45, 7) is 0.197. The molecule has 0 saturated heterocycles. The van der Waals surface area contributed by atoms with Gasteiger partial charge in [-0.05, 0) is 35.4 Å². The van der Waals surface area contributed by atoms with Gasteiger partial charge in [0.2, 0.25) is 10.0 Å². The van der Waals surface area contributed by atoms with Crippen molar-refractivity contribution in [2.45, 2.75) is 18.4 Å². The van der Waals surface area contributed by atoms with Crippen LogP contribution in [-0.2, 0) is 22.3 Å². The van der Waals surface area contributed by atoms with Gasteiger partial charge in [0.25, 0.3) is 0 Å². The smallest absolute Gasteiger partial charge is 0.216 e. The highest BCUT2D eigenvalue weighted by atomic mass is 35.5. The maximum atomic E-state index is 12.2. The first-order valence-electron chi connectivity index (χ1n) is 7.96. The van der Waals surface area contributed by atoms with Gasteiger partial charge in [-0.2, -0.15) is 0 Å². The van der Waals surface area contributed by atoms with Gasteiger partial charge in [-0.3, -0.25) is 0 Å². The highest BCUT2D eigenvalue weighted by molar-refractivity contribution is 7.88. The highest BCUT2D eigenvalue weighted by Crippen LogP contribution is 2.28. The van der Waals surface area contributed by atoms with Crippen LogP contribution in [0.25, 0.3) is 0 Å². The Morgan fingerprint density at radius 1 is 1.00 bits per heavy atom. The first kappa shape index (κ1) is 19.1. The standard InChI is InChI=1S/C19H18ClNO3S2/c20-16-8-6-14(7-9-16)13-26(23,24)21-12-17-10-11-18(25-17)19(22)15-4-2-1-3-5-15/h1-11,19,21-22H,12-13H2. The lowest BCUT2D eigenvalue weighted by Crippen LogP contribution is -2.24. The average molecular weight is 408 g/mol. The number of aliphatic hydroxyl groups is 1. The number of hydrogen-bond acceptors (Lipinski definition) is 4. The number of thiophene rings is 1. The molecule has 2 N–H and O–H groups in total. The number of sulfonamides is 1. The van der Waals surface area contributed by atoms with Crippen molar-refractivity contribution in [1.29, 1.82) is 0 Å².